The summed E-state index contributed by atoms with van der Waals surface area (Å²) in [4.78, 5) is 29.4. The van der Waals surface area contributed by atoms with Gasteiger partial charge in [0.1, 0.15) is 0 Å². The maximum Gasteiger partial charge on any atom is 0.225 e. The second kappa shape index (κ2) is 9.90. The molecule has 0 radical (unpaired) electrons. The molecule has 1 atom stereocenters. The van der Waals surface area contributed by atoms with E-state index < -0.39 is 0 Å². The first-order valence-corrected chi connectivity index (χ1v) is 11.1. The van der Waals surface area contributed by atoms with Gasteiger partial charge in [0.2, 0.25) is 11.8 Å². The van der Waals surface area contributed by atoms with E-state index in [1.807, 2.05) is 29.2 Å². The summed E-state index contributed by atoms with van der Waals surface area (Å²) in [5.41, 5.74) is 2.56. The number of nitrogens with one attached hydrogen (secondary N) is 1. The van der Waals surface area contributed by atoms with Crippen molar-refractivity contribution in [2.24, 2.45) is 5.92 Å². The Balaban J connectivity index is 1.19. The molecule has 2 aliphatic heterocycles. The van der Waals surface area contributed by atoms with Crippen LogP contribution in [-0.2, 0) is 22.6 Å². The number of carbonyl (C=O) groups excluding carboxylic acids is 2. The van der Waals surface area contributed by atoms with Crippen LogP contribution in [0.5, 0.6) is 0 Å². The highest BCUT2D eigenvalue weighted by atomic mass is 16.2. The van der Waals surface area contributed by atoms with Crippen molar-refractivity contribution < 1.29 is 9.59 Å². The van der Waals surface area contributed by atoms with Crippen molar-refractivity contribution in [3.8, 4) is 0 Å². The maximum atomic E-state index is 12.7. The summed E-state index contributed by atoms with van der Waals surface area (Å²) in [7, 11) is 0. The van der Waals surface area contributed by atoms with Crippen molar-refractivity contribution in [2.45, 2.75) is 38.3 Å². The Labute approximate surface area is 179 Å². The van der Waals surface area contributed by atoms with E-state index in [-0.39, 0.29) is 23.8 Å². The van der Waals surface area contributed by atoms with Gasteiger partial charge < -0.3 is 10.2 Å². The Morgan fingerprint density at radius 1 is 0.933 bits per heavy atom. The molecule has 0 saturated carbocycles. The van der Waals surface area contributed by atoms with Crippen molar-refractivity contribution in [3.63, 3.8) is 0 Å². The number of carbonyl (C=O) groups is 2. The van der Waals surface area contributed by atoms with E-state index in [0.29, 0.717) is 19.5 Å². The third-order valence-corrected chi connectivity index (χ3v) is 6.28. The van der Waals surface area contributed by atoms with Gasteiger partial charge in [-0.3, -0.25) is 14.5 Å². The molecule has 0 aromatic heterocycles. The van der Waals surface area contributed by atoms with E-state index in [4.69, 9.17) is 0 Å². The van der Waals surface area contributed by atoms with Gasteiger partial charge >= 0.3 is 0 Å². The molecule has 0 spiro atoms. The van der Waals surface area contributed by atoms with Gasteiger partial charge in [-0.05, 0) is 30.4 Å². The first kappa shape index (κ1) is 20.6. The Morgan fingerprint density at radius 3 is 2.23 bits per heavy atom. The van der Waals surface area contributed by atoms with Crippen LogP contribution < -0.4 is 5.32 Å². The molecule has 5 nitrogen and oxygen atoms in total. The van der Waals surface area contributed by atoms with Crippen molar-refractivity contribution in [1.82, 2.24) is 15.1 Å². The number of likely N-dealkylation sites (tertiary alicyclic amines) is 2. The minimum atomic E-state index is -0.212. The van der Waals surface area contributed by atoms with Crippen molar-refractivity contribution in [3.05, 3.63) is 71.8 Å². The predicted octanol–water partition coefficient (Wildman–Crippen LogP) is 2.86. The lowest BCUT2D eigenvalue weighted by Crippen LogP contribution is -2.46. The quantitative estimate of drug-likeness (QED) is 0.771. The molecule has 0 aliphatic carbocycles. The van der Waals surface area contributed by atoms with Crippen LogP contribution in [0.25, 0.3) is 0 Å². The lowest BCUT2D eigenvalue weighted by molar-refractivity contribution is -0.129. The Kier molecular flexibility index (Phi) is 6.80. The van der Waals surface area contributed by atoms with Gasteiger partial charge in [0.05, 0.1) is 5.92 Å². The molecule has 2 heterocycles. The van der Waals surface area contributed by atoms with Gasteiger partial charge in [0.25, 0.3) is 0 Å². The normalized spacial score (nSPS) is 20.5. The number of hydrogen-bond acceptors (Lipinski definition) is 3. The van der Waals surface area contributed by atoms with E-state index >= 15 is 0 Å². The van der Waals surface area contributed by atoms with Crippen LogP contribution in [0, 0.1) is 5.92 Å². The monoisotopic (exact) mass is 405 g/mol. The van der Waals surface area contributed by atoms with Gasteiger partial charge in [0, 0.05) is 45.2 Å². The minimum absolute atomic E-state index is 0.0482. The molecule has 2 fully saturated rings. The number of piperidine rings is 1. The molecule has 2 aromatic rings. The molecule has 0 bridgehead atoms. The zero-order valence-electron chi connectivity index (χ0n) is 17.5. The first-order valence-electron chi connectivity index (χ1n) is 11.1. The number of amides is 2. The second-order valence-electron chi connectivity index (χ2n) is 8.52. The fourth-order valence-electron chi connectivity index (χ4n) is 4.47. The van der Waals surface area contributed by atoms with Crippen LogP contribution in [0.1, 0.15) is 30.4 Å². The number of benzene rings is 2. The fraction of sp³-hybridized carbons (Fsp3) is 0.440. The molecule has 2 aromatic carbocycles. The summed E-state index contributed by atoms with van der Waals surface area (Å²) in [6, 6.07) is 20.9. The van der Waals surface area contributed by atoms with Gasteiger partial charge in [-0.15, -0.1) is 0 Å². The highest BCUT2D eigenvalue weighted by Gasteiger charge is 2.35. The summed E-state index contributed by atoms with van der Waals surface area (Å²) in [5.74, 6) is -0.0635. The average Bonchev–Trinajstić information content (AvgIpc) is 3.16. The molecule has 5 heteroatoms. The Morgan fingerprint density at radius 2 is 1.57 bits per heavy atom. The Hall–Kier alpha value is -2.66. The van der Waals surface area contributed by atoms with Crippen LogP contribution in [0.4, 0.5) is 0 Å². The van der Waals surface area contributed by atoms with Crippen LogP contribution >= 0.6 is 0 Å². The zero-order valence-corrected chi connectivity index (χ0v) is 17.5. The number of nitrogens with zero attached hydrogens (tertiary/aromatic N) is 2. The topological polar surface area (TPSA) is 52.7 Å². The van der Waals surface area contributed by atoms with E-state index in [1.54, 1.807) is 0 Å². The summed E-state index contributed by atoms with van der Waals surface area (Å²) >= 11 is 0. The van der Waals surface area contributed by atoms with Gasteiger partial charge in [-0.2, -0.15) is 0 Å². The van der Waals surface area contributed by atoms with Gasteiger partial charge in [-0.25, -0.2) is 0 Å². The lowest BCUT2D eigenvalue weighted by Gasteiger charge is -2.32. The molecule has 30 heavy (non-hydrogen) atoms. The second-order valence-corrected chi connectivity index (χ2v) is 8.52. The third-order valence-electron chi connectivity index (χ3n) is 6.28. The largest absolute Gasteiger partial charge is 0.353 e. The summed E-state index contributed by atoms with van der Waals surface area (Å²) < 4.78 is 0. The highest BCUT2D eigenvalue weighted by molar-refractivity contribution is 5.89. The molecule has 158 valence electrons. The van der Waals surface area contributed by atoms with Crippen molar-refractivity contribution in [1.29, 1.82) is 0 Å². The summed E-state index contributed by atoms with van der Waals surface area (Å²) in [5, 5.41) is 3.22. The average molecular weight is 406 g/mol. The molecule has 1 N–H and O–H groups in total. The van der Waals surface area contributed by atoms with Crippen LogP contribution in [0.2, 0.25) is 0 Å². The summed E-state index contributed by atoms with van der Waals surface area (Å²) in [6.45, 7) is 4.18. The molecule has 2 aliphatic rings. The zero-order chi connectivity index (χ0) is 20.8. The molecular weight excluding hydrogens is 374 g/mol. The van der Waals surface area contributed by atoms with Crippen LogP contribution in [0.3, 0.4) is 0 Å². The van der Waals surface area contributed by atoms with Crippen molar-refractivity contribution in [2.75, 3.05) is 26.2 Å². The van der Waals surface area contributed by atoms with E-state index in [9.17, 15) is 9.59 Å². The standard InChI is InChI=1S/C25H31N3O2/c29-24-17-22(19-28(24)16-11-20-7-3-1-4-8-20)25(30)26-23-12-14-27(15-13-23)18-21-9-5-2-6-10-21/h1-10,22-23H,11-19H2,(H,26,30)/t22-/m1/s1. The van der Waals surface area contributed by atoms with E-state index in [0.717, 1.165) is 38.9 Å². The smallest absolute Gasteiger partial charge is 0.225 e. The molecule has 0 unspecified atom stereocenters. The first-order chi connectivity index (χ1) is 14.7. The molecule has 2 amide bonds. The number of hydrogen-bond donors (Lipinski definition) is 1. The van der Waals surface area contributed by atoms with E-state index in [2.05, 4.69) is 46.6 Å². The predicted molar refractivity (Wildman–Crippen MR) is 118 cm³/mol. The molecule has 4 rings (SSSR count). The summed E-state index contributed by atoms with van der Waals surface area (Å²) in [6.07, 6.45) is 3.11. The number of rotatable bonds is 7. The maximum absolute atomic E-state index is 12.7. The van der Waals surface area contributed by atoms with Crippen molar-refractivity contribution >= 4 is 11.8 Å². The molecule has 2 saturated heterocycles. The fourth-order valence-corrected chi connectivity index (χ4v) is 4.47. The Bertz CT molecular complexity index is 832. The highest BCUT2D eigenvalue weighted by Crippen LogP contribution is 2.20. The van der Waals surface area contributed by atoms with Gasteiger partial charge in [0.15, 0.2) is 0 Å². The van der Waals surface area contributed by atoms with Gasteiger partial charge in [-0.1, -0.05) is 60.7 Å². The van der Waals surface area contributed by atoms with Crippen LogP contribution in [-0.4, -0.2) is 53.8 Å². The lowest BCUT2D eigenvalue weighted by atomic mass is 10.0. The van der Waals surface area contributed by atoms with E-state index in [1.165, 1.54) is 11.1 Å². The third kappa shape index (κ3) is 5.48. The SMILES string of the molecule is O=C(NC1CCN(Cc2ccccc2)CC1)[C@@H]1CC(=O)N(CCc2ccccc2)C1. The minimum Gasteiger partial charge on any atom is -0.353 e. The van der Waals surface area contributed by atoms with Crippen LogP contribution in [0.15, 0.2) is 60.7 Å². The molecular formula is C25H31N3O2.